The van der Waals surface area contributed by atoms with Crippen LogP contribution in [0.3, 0.4) is 0 Å². The molecule has 0 spiro atoms. The molecule has 5 nitrogen and oxygen atoms in total. The number of carbonyl (C=O) groups excluding carboxylic acids is 1. The number of nitrogens with zero attached hydrogens (tertiary/aromatic N) is 3. The van der Waals surface area contributed by atoms with E-state index in [0.717, 1.165) is 11.1 Å². The van der Waals surface area contributed by atoms with Crippen molar-refractivity contribution in [2.45, 2.75) is 13.8 Å². The first kappa shape index (κ1) is 16.3. The van der Waals surface area contributed by atoms with Crippen LogP contribution in [-0.4, -0.2) is 32.6 Å². The minimum absolute atomic E-state index is 0.0790. The number of phenolic OH excluding ortho intramolecular Hbond substituents is 1. The molecule has 1 saturated heterocycles. The molecule has 0 atom stereocenters. The summed E-state index contributed by atoms with van der Waals surface area (Å²) >= 11 is 1.31. The Hall–Kier alpha value is -2.60. The van der Waals surface area contributed by atoms with E-state index in [0.29, 0.717) is 22.3 Å². The van der Waals surface area contributed by atoms with E-state index in [9.17, 15) is 9.90 Å². The quantitative estimate of drug-likeness (QED) is 0.866. The second-order valence-corrected chi connectivity index (χ2v) is 6.34. The summed E-state index contributed by atoms with van der Waals surface area (Å²) < 4.78 is 0. The van der Waals surface area contributed by atoms with Crippen LogP contribution in [0.4, 0.5) is 5.69 Å². The van der Waals surface area contributed by atoms with Crippen molar-refractivity contribution in [1.29, 1.82) is 0 Å². The van der Waals surface area contributed by atoms with Gasteiger partial charge in [-0.25, -0.2) is 4.99 Å². The van der Waals surface area contributed by atoms with Crippen LogP contribution >= 0.6 is 11.8 Å². The highest BCUT2D eigenvalue weighted by Gasteiger charge is 2.32. The monoisotopic (exact) mass is 339 g/mol. The molecule has 0 unspecified atom stereocenters. The van der Waals surface area contributed by atoms with Gasteiger partial charge in [-0.15, -0.1) is 0 Å². The third kappa shape index (κ3) is 3.33. The number of aliphatic imine (C=N–C) groups is 1. The Morgan fingerprint density at radius 3 is 2.71 bits per heavy atom. The molecule has 0 bridgehead atoms. The minimum atomic E-state index is -0.0790. The Bertz CT molecular complexity index is 831. The second kappa shape index (κ2) is 6.88. The fourth-order valence-corrected chi connectivity index (χ4v) is 3.37. The van der Waals surface area contributed by atoms with E-state index in [4.69, 9.17) is 0 Å². The van der Waals surface area contributed by atoms with Crippen molar-refractivity contribution in [2.24, 2.45) is 4.99 Å². The van der Waals surface area contributed by atoms with Crippen molar-refractivity contribution < 1.29 is 9.90 Å². The van der Waals surface area contributed by atoms with Crippen LogP contribution in [0.5, 0.6) is 5.75 Å². The van der Waals surface area contributed by atoms with Crippen LogP contribution in [-0.2, 0) is 4.79 Å². The standard InChI is InChI=1S/C18H17N3O2S/c1-3-21-17(23)16(11-13-6-8-19-9-7-13)24-18(21)20-14-5-4-12(2)10-15(14)22/h4-11,22H,3H2,1-2H3/b16-11-,20-18?. The van der Waals surface area contributed by atoms with Gasteiger partial charge in [0.1, 0.15) is 11.4 Å². The number of hydrogen-bond donors (Lipinski definition) is 1. The number of phenols is 1. The molecule has 1 aromatic heterocycles. The van der Waals surface area contributed by atoms with E-state index in [1.165, 1.54) is 11.8 Å². The van der Waals surface area contributed by atoms with Crippen LogP contribution in [0.2, 0.25) is 0 Å². The van der Waals surface area contributed by atoms with E-state index in [-0.39, 0.29) is 11.7 Å². The fraction of sp³-hybridized carbons (Fsp3) is 0.167. The van der Waals surface area contributed by atoms with Gasteiger partial charge >= 0.3 is 0 Å². The molecule has 2 heterocycles. The number of aromatic hydroxyl groups is 1. The molecule has 1 fully saturated rings. The Kier molecular flexibility index (Phi) is 4.66. The number of aromatic nitrogens is 1. The second-order valence-electron chi connectivity index (χ2n) is 5.33. The first-order valence-electron chi connectivity index (χ1n) is 7.58. The van der Waals surface area contributed by atoms with Gasteiger partial charge in [-0.05, 0) is 67.1 Å². The zero-order valence-corrected chi connectivity index (χ0v) is 14.2. The van der Waals surface area contributed by atoms with Crippen molar-refractivity contribution in [3.63, 3.8) is 0 Å². The molecular weight excluding hydrogens is 322 g/mol. The normalized spacial score (nSPS) is 17.9. The molecule has 6 heteroatoms. The molecule has 2 aromatic rings. The number of pyridine rings is 1. The molecule has 0 radical (unpaired) electrons. The highest BCUT2D eigenvalue weighted by molar-refractivity contribution is 8.18. The Balaban J connectivity index is 1.95. The van der Waals surface area contributed by atoms with Gasteiger partial charge in [-0.2, -0.15) is 0 Å². The molecule has 24 heavy (non-hydrogen) atoms. The van der Waals surface area contributed by atoms with Crippen LogP contribution < -0.4 is 0 Å². The highest BCUT2D eigenvalue weighted by atomic mass is 32.2. The lowest BCUT2D eigenvalue weighted by molar-refractivity contribution is -0.122. The maximum absolute atomic E-state index is 12.6. The molecule has 1 aliphatic rings. The van der Waals surface area contributed by atoms with Gasteiger partial charge in [0.2, 0.25) is 0 Å². The summed E-state index contributed by atoms with van der Waals surface area (Å²) in [7, 11) is 0. The lowest BCUT2D eigenvalue weighted by Crippen LogP contribution is -2.28. The number of aryl methyl sites for hydroxylation is 1. The number of amidine groups is 1. The molecule has 1 aliphatic heterocycles. The summed E-state index contributed by atoms with van der Waals surface area (Å²) in [6, 6.07) is 8.98. The third-order valence-electron chi connectivity index (χ3n) is 3.56. The van der Waals surface area contributed by atoms with Crippen molar-refractivity contribution in [2.75, 3.05) is 6.54 Å². The Labute approximate surface area is 144 Å². The van der Waals surface area contributed by atoms with Gasteiger partial charge < -0.3 is 5.11 Å². The maximum atomic E-state index is 12.6. The van der Waals surface area contributed by atoms with Gasteiger partial charge in [0.15, 0.2) is 5.17 Å². The summed E-state index contributed by atoms with van der Waals surface area (Å²) in [5.74, 6) is 0.0304. The summed E-state index contributed by atoms with van der Waals surface area (Å²) in [6.45, 7) is 4.32. The van der Waals surface area contributed by atoms with Crippen molar-refractivity contribution in [3.8, 4) is 5.75 Å². The molecule has 0 saturated carbocycles. The Morgan fingerprint density at radius 2 is 2.04 bits per heavy atom. The first-order chi connectivity index (χ1) is 11.6. The van der Waals surface area contributed by atoms with Gasteiger partial charge in [0.25, 0.3) is 5.91 Å². The summed E-state index contributed by atoms with van der Waals surface area (Å²) in [6.07, 6.45) is 5.20. The van der Waals surface area contributed by atoms with E-state index in [1.54, 1.807) is 29.4 Å². The fourth-order valence-electron chi connectivity index (χ4n) is 2.31. The number of carbonyl (C=O) groups is 1. The van der Waals surface area contributed by atoms with Gasteiger partial charge in [-0.3, -0.25) is 14.7 Å². The van der Waals surface area contributed by atoms with Gasteiger partial charge in [-0.1, -0.05) is 6.07 Å². The summed E-state index contributed by atoms with van der Waals surface area (Å²) in [4.78, 5) is 23.2. The average molecular weight is 339 g/mol. The molecule has 0 aliphatic carbocycles. The largest absolute Gasteiger partial charge is 0.506 e. The van der Waals surface area contributed by atoms with Gasteiger partial charge in [0.05, 0.1) is 4.91 Å². The zero-order chi connectivity index (χ0) is 17.1. The van der Waals surface area contributed by atoms with Crippen LogP contribution in [0, 0.1) is 6.92 Å². The number of amides is 1. The third-order valence-corrected chi connectivity index (χ3v) is 4.56. The molecule has 122 valence electrons. The topological polar surface area (TPSA) is 65.8 Å². The van der Waals surface area contributed by atoms with Crippen LogP contribution in [0.25, 0.3) is 6.08 Å². The molecule has 1 aromatic carbocycles. The zero-order valence-electron chi connectivity index (χ0n) is 13.4. The minimum Gasteiger partial charge on any atom is -0.506 e. The lowest BCUT2D eigenvalue weighted by Gasteiger charge is -2.12. The molecule has 3 rings (SSSR count). The summed E-state index contributed by atoms with van der Waals surface area (Å²) in [5, 5.41) is 10.6. The van der Waals surface area contributed by atoms with E-state index >= 15 is 0 Å². The molecule has 1 N–H and O–H groups in total. The predicted octanol–water partition coefficient (Wildman–Crippen LogP) is 3.72. The summed E-state index contributed by atoms with van der Waals surface area (Å²) in [5.41, 5.74) is 2.33. The molecule has 1 amide bonds. The van der Waals surface area contributed by atoms with Crippen molar-refractivity contribution >= 4 is 34.6 Å². The van der Waals surface area contributed by atoms with Crippen molar-refractivity contribution in [3.05, 3.63) is 58.8 Å². The molecular formula is C18H17N3O2S. The predicted molar refractivity (Wildman–Crippen MR) is 97.1 cm³/mol. The first-order valence-corrected chi connectivity index (χ1v) is 8.40. The highest BCUT2D eigenvalue weighted by Crippen LogP contribution is 2.36. The van der Waals surface area contributed by atoms with E-state index in [2.05, 4.69) is 9.98 Å². The Morgan fingerprint density at radius 1 is 1.29 bits per heavy atom. The lowest BCUT2D eigenvalue weighted by atomic mass is 10.2. The average Bonchev–Trinajstić information content (AvgIpc) is 2.86. The van der Waals surface area contributed by atoms with Crippen LogP contribution in [0.1, 0.15) is 18.1 Å². The number of hydrogen-bond acceptors (Lipinski definition) is 5. The SMILES string of the molecule is CCN1C(=O)/C(=C/c2ccncc2)SC1=Nc1ccc(C)cc1O. The maximum Gasteiger partial charge on any atom is 0.266 e. The van der Waals surface area contributed by atoms with Gasteiger partial charge in [0, 0.05) is 18.9 Å². The van der Waals surface area contributed by atoms with E-state index < -0.39 is 0 Å². The number of likely N-dealkylation sites (N-methyl/N-ethyl adjacent to an activating group) is 1. The van der Waals surface area contributed by atoms with E-state index in [1.807, 2.05) is 38.1 Å². The van der Waals surface area contributed by atoms with Crippen molar-refractivity contribution in [1.82, 2.24) is 9.88 Å². The van der Waals surface area contributed by atoms with Crippen LogP contribution in [0.15, 0.2) is 52.6 Å². The number of thioether (sulfide) groups is 1. The smallest absolute Gasteiger partial charge is 0.266 e. The number of rotatable bonds is 3. The number of benzene rings is 1.